The summed E-state index contributed by atoms with van der Waals surface area (Å²) >= 11 is 0. The van der Waals surface area contributed by atoms with E-state index in [-0.39, 0.29) is 31.2 Å². The van der Waals surface area contributed by atoms with E-state index in [0.29, 0.717) is 56.5 Å². The maximum atomic E-state index is 15.1. The van der Waals surface area contributed by atoms with Gasteiger partial charge < -0.3 is 23.7 Å². The molecule has 0 radical (unpaired) electrons. The van der Waals surface area contributed by atoms with E-state index in [1.165, 1.54) is 0 Å². The van der Waals surface area contributed by atoms with Crippen molar-refractivity contribution in [3.63, 3.8) is 0 Å². The molecular weight excluding hydrogens is 567 g/mol. The number of esters is 1. The van der Waals surface area contributed by atoms with Gasteiger partial charge in [0, 0.05) is 11.6 Å². The van der Waals surface area contributed by atoms with Gasteiger partial charge in [-0.15, -0.1) is 6.58 Å². The van der Waals surface area contributed by atoms with Crippen LogP contribution in [0.15, 0.2) is 92.0 Å². The summed E-state index contributed by atoms with van der Waals surface area (Å²) in [5.74, 6) is 0.618. The molecule has 9 heteroatoms. The molecule has 0 saturated heterocycles. The van der Waals surface area contributed by atoms with Crippen molar-refractivity contribution in [2.75, 3.05) is 46.2 Å². The molecule has 0 N–H and O–H groups in total. The van der Waals surface area contributed by atoms with Crippen molar-refractivity contribution in [1.82, 2.24) is 0 Å². The third kappa shape index (κ3) is 12.7. The summed E-state index contributed by atoms with van der Waals surface area (Å²) in [6.45, 7) is 12.9. The van der Waals surface area contributed by atoms with Crippen LogP contribution in [0.2, 0.25) is 0 Å². The van der Waals surface area contributed by atoms with Crippen LogP contribution in [0.25, 0.3) is 11.1 Å². The zero-order valence-electron chi connectivity index (χ0n) is 25.4. The lowest BCUT2D eigenvalue weighted by Gasteiger charge is -2.15. The van der Waals surface area contributed by atoms with E-state index in [1.807, 2.05) is 68.4 Å². The maximum Gasteiger partial charge on any atom is 0.330 e. The van der Waals surface area contributed by atoms with Gasteiger partial charge >= 0.3 is 5.97 Å². The smallest absolute Gasteiger partial charge is 0.330 e. The van der Waals surface area contributed by atoms with E-state index < -0.39 is 5.97 Å². The first-order valence-corrected chi connectivity index (χ1v) is 14.5. The zero-order valence-corrected chi connectivity index (χ0v) is 25.4. The minimum absolute atomic E-state index is 0.163. The molecule has 0 fully saturated rings. The summed E-state index contributed by atoms with van der Waals surface area (Å²) in [7, 11) is 0. The second kappa shape index (κ2) is 19.3. The highest BCUT2D eigenvalue weighted by Crippen LogP contribution is 2.27. The van der Waals surface area contributed by atoms with Gasteiger partial charge in [0.25, 0.3) is 0 Å². The molecule has 3 aromatic carbocycles. The average molecular weight is 609 g/mol. The number of hydrogen-bond acceptors (Lipinski definition) is 8. The fraction of sp³-hybridized carbons (Fsp3) is 0.343. The molecule has 0 heterocycles. The average Bonchev–Trinajstić information content (AvgIpc) is 3.02. The van der Waals surface area contributed by atoms with Gasteiger partial charge in [-0.3, -0.25) is 0 Å². The molecule has 0 aliphatic heterocycles. The zero-order chi connectivity index (χ0) is 31.6. The topological polar surface area (TPSA) is 81.7 Å². The number of hydrogen-bond donors (Lipinski definition) is 0. The van der Waals surface area contributed by atoms with Crippen LogP contribution in [-0.4, -0.2) is 64.4 Å². The number of benzene rings is 3. The fourth-order valence-electron chi connectivity index (χ4n) is 4.08. The van der Waals surface area contributed by atoms with Crippen LogP contribution in [0.1, 0.15) is 25.0 Å². The monoisotopic (exact) mass is 608 g/mol. The number of carbonyl (C=O) groups excluding carboxylic acids is 1. The molecule has 2 unspecified atom stereocenters. The van der Waals surface area contributed by atoms with Crippen LogP contribution in [-0.2, 0) is 35.2 Å². The Kier molecular flexibility index (Phi) is 15.1. The number of carbonyl (C=O) groups is 1. The third-order valence-electron chi connectivity index (χ3n) is 6.13. The van der Waals surface area contributed by atoms with Gasteiger partial charge in [-0.1, -0.05) is 49.1 Å². The van der Waals surface area contributed by atoms with E-state index in [9.17, 15) is 4.79 Å². The van der Waals surface area contributed by atoms with Crippen molar-refractivity contribution in [3.8, 4) is 22.6 Å². The molecule has 0 saturated carbocycles. The number of rotatable bonds is 21. The molecule has 0 aliphatic rings. The van der Waals surface area contributed by atoms with Gasteiger partial charge in [-0.05, 0) is 67.3 Å². The van der Waals surface area contributed by atoms with Crippen LogP contribution < -0.4 is 9.47 Å². The summed E-state index contributed by atoms with van der Waals surface area (Å²) in [5, 5.41) is 0. The van der Waals surface area contributed by atoms with E-state index in [1.54, 1.807) is 18.2 Å². The molecule has 0 aromatic heterocycles. The van der Waals surface area contributed by atoms with Crippen molar-refractivity contribution < 1.29 is 42.6 Å². The van der Waals surface area contributed by atoms with Gasteiger partial charge in [-0.2, -0.15) is 0 Å². The first-order chi connectivity index (χ1) is 21.4. The third-order valence-corrected chi connectivity index (χ3v) is 6.13. The minimum atomic E-state index is -0.476. The lowest BCUT2D eigenvalue weighted by atomic mass is 9.99. The Balaban J connectivity index is 1.42. The summed E-state index contributed by atoms with van der Waals surface area (Å²) < 4.78 is 42.8. The van der Waals surface area contributed by atoms with Gasteiger partial charge in [0.15, 0.2) is 0 Å². The van der Waals surface area contributed by atoms with Crippen molar-refractivity contribution in [3.05, 3.63) is 109 Å². The van der Waals surface area contributed by atoms with Crippen LogP contribution in [0.3, 0.4) is 0 Å². The Hall–Kier alpha value is -4.02. The molecule has 3 aromatic rings. The van der Waals surface area contributed by atoms with E-state index in [2.05, 4.69) is 13.2 Å². The van der Waals surface area contributed by atoms with Crippen molar-refractivity contribution in [2.24, 2.45) is 0 Å². The number of ether oxygens (including phenoxy) is 5. The first kappa shape index (κ1) is 34.5. The summed E-state index contributed by atoms with van der Waals surface area (Å²) in [4.78, 5) is 20.8. The van der Waals surface area contributed by atoms with Gasteiger partial charge in [0.1, 0.15) is 49.3 Å². The Morgan fingerprint density at radius 2 is 1.36 bits per heavy atom. The van der Waals surface area contributed by atoms with Crippen molar-refractivity contribution >= 4 is 5.97 Å². The minimum Gasteiger partial charge on any atom is -0.488 e. The van der Waals surface area contributed by atoms with Crippen molar-refractivity contribution in [2.45, 2.75) is 32.5 Å². The molecule has 2 atom stereocenters. The summed E-state index contributed by atoms with van der Waals surface area (Å²) in [5.41, 5.74) is 3.18. The highest BCUT2D eigenvalue weighted by Gasteiger charge is 2.10. The molecule has 0 aliphatic carbocycles. The summed E-state index contributed by atoms with van der Waals surface area (Å²) in [6.07, 6.45) is 2.94. The second-order valence-corrected chi connectivity index (χ2v) is 9.93. The quantitative estimate of drug-likeness (QED) is 0.0338. The molecule has 8 nitrogen and oxygen atoms in total. The highest BCUT2D eigenvalue weighted by atomic mass is 19.1. The van der Waals surface area contributed by atoms with Crippen LogP contribution >= 0.6 is 0 Å². The first-order valence-electron chi connectivity index (χ1n) is 14.5. The molecule has 44 heavy (non-hydrogen) atoms. The Bertz CT molecular complexity index is 1290. The summed E-state index contributed by atoms with van der Waals surface area (Å²) in [6, 6.07) is 20.3. The van der Waals surface area contributed by atoms with E-state index >= 15 is 4.39 Å². The standard InChI is InChI=1S/C35H41FO8/c1-5-17-41-42-21-19-39-25-27(4)44-32-14-10-30(11-15-32)33-16-9-29(23-34(33)36)22-28-7-12-31(13-8-28)43-26(3)24-38-18-20-40-35(37)6-2/h5-16,23,26-27H,1-2,17-22,24-25H2,3-4H3. The molecule has 236 valence electrons. The molecule has 0 spiro atoms. The Labute approximate surface area is 258 Å². The van der Waals surface area contributed by atoms with Gasteiger partial charge in [0.05, 0.1) is 26.4 Å². The maximum absolute atomic E-state index is 15.1. The molecule has 0 bridgehead atoms. The predicted molar refractivity (Wildman–Crippen MR) is 166 cm³/mol. The molecule has 3 rings (SSSR count). The molecular formula is C35H41FO8. The highest BCUT2D eigenvalue weighted by molar-refractivity contribution is 5.81. The number of halogens is 1. The van der Waals surface area contributed by atoms with Crippen molar-refractivity contribution in [1.29, 1.82) is 0 Å². The lowest BCUT2D eigenvalue weighted by molar-refractivity contribution is -0.291. The Morgan fingerprint density at radius 3 is 1.95 bits per heavy atom. The largest absolute Gasteiger partial charge is 0.488 e. The van der Waals surface area contributed by atoms with Crippen LogP contribution in [0, 0.1) is 5.82 Å². The van der Waals surface area contributed by atoms with Gasteiger partial charge in [0.2, 0.25) is 0 Å². The fourth-order valence-corrected chi connectivity index (χ4v) is 4.08. The second-order valence-electron chi connectivity index (χ2n) is 9.93. The van der Waals surface area contributed by atoms with E-state index in [4.69, 9.17) is 33.5 Å². The van der Waals surface area contributed by atoms with Gasteiger partial charge in [-0.25, -0.2) is 19.0 Å². The SMILES string of the molecule is C=CCOOCCOCC(C)Oc1ccc(-c2ccc(Cc3ccc(OC(C)COCCOC(=O)C=C)cc3)cc2F)cc1. The predicted octanol–water partition coefficient (Wildman–Crippen LogP) is 6.51. The van der Waals surface area contributed by atoms with Crippen LogP contribution in [0.4, 0.5) is 4.39 Å². The molecule has 0 amide bonds. The Morgan fingerprint density at radius 1 is 0.773 bits per heavy atom. The lowest BCUT2D eigenvalue weighted by Crippen LogP contribution is -2.21. The van der Waals surface area contributed by atoms with E-state index in [0.717, 1.165) is 22.8 Å². The van der Waals surface area contributed by atoms with Crippen LogP contribution in [0.5, 0.6) is 11.5 Å². The normalized spacial score (nSPS) is 12.2.